The maximum Gasteiger partial charge on any atom is 0.340 e. The first-order valence-electron chi connectivity index (χ1n) is 5.81. The van der Waals surface area contributed by atoms with Gasteiger partial charge in [0.2, 0.25) is 0 Å². The van der Waals surface area contributed by atoms with E-state index in [4.69, 9.17) is 17.3 Å². The lowest BCUT2D eigenvalue weighted by Crippen LogP contribution is -2.07. The first-order chi connectivity index (χ1) is 9.92. The summed E-state index contributed by atoms with van der Waals surface area (Å²) in [6.45, 7) is 0. The molecule has 0 atom stereocenters. The van der Waals surface area contributed by atoms with Crippen LogP contribution in [-0.4, -0.2) is 13.1 Å². The van der Waals surface area contributed by atoms with Crippen molar-refractivity contribution in [3.05, 3.63) is 50.3 Å². The highest BCUT2D eigenvalue weighted by Gasteiger charge is 2.15. The summed E-state index contributed by atoms with van der Waals surface area (Å²) in [4.78, 5) is 11.6. The Bertz CT molecular complexity index is 710. The van der Waals surface area contributed by atoms with Crippen molar-refractivity contribution in [3.8, 4) is 0 Å². The van der Waals surface area contributed by atoms with Gasteiger partial charge in [0.25, 0.3) is 0 Å². The highest BCUT2D eigenvalue weighted by molar-refractivity contribution is 14.1. The molecule has 0 aliphatic carbocycles. The fourth-order valence-corrected chi connectivity index (χ4v) is 2.61. The molecule has 0 radical (unpaired) electrons. The molecule has 110 valence electrons. The Hall–Kier alpha value is -1.54. The molecule has 0 bridgehead atoms. The fraction of sp³-hybridized carbons (Fsp3) is 0.0714. The van der Waals surface area contributed by atoms with Crippen molar-refractivity contribution in [1.82, 2.24) is 0 Å². The molecule has 0 spiro atoms. The molecule has 21 heavy (non-hydrogen) atoms. The normalized spacial score (nSPS) is 10.3. The van der Waals surface area contributed by atoms with Crippen LogP contribution in [0.15, 0.2) is 30.3 Å². The molecule has 2 aromatic rings. The van der Waals surface area contributed by atoms with Gasteiger partial charge in [0.1, 0.15) is 5.82 Å². The summed E-state index contributed by atoms with van der Waals surface area (Å²) >= 11 is 8.21. The number of nitrogens with two attached hydrogens (primary N) is 1. The van der Waals surface area contributed by atoms with Crippen LogP contribution in [0.2, 0.25) is 5.02 Å². The molecule has 0 fully saturated rings. The van der Waals surface area contributed by atoms with Crippen LogP contribution in [0.25, 0.3) is 0 Å². The Balaban J connectivity index is 2.42. The minimum absolute atomic E-state index is 0.0126. The number of anilines is 3. The van der Waals surface area contributed by atoms with Gasteiger partial charge in [-0.15, -0.1) is 0 Å². The molecule has 0 amide bonds. The van der Waals surface area contributed by atoms with E-state index in [1.807, 2.05) is 6.07 Å². The lowest BCUT2D eigenvalue weighted by Gasteiger charge is -2.12. The summed E-state index contributed by atoms with van der Waals surface area (Å²) in [5, 5.41) is 3.28. The topological polar surface area (TPSA) is 64.3 Å². The highest BCUT2D eigenvalue weighted by Crippen LogP contribution is 2.30. The van der Waals surface area contributed by atoms with Gasteiger partial charge in [0.05, 0.1) is 29.1 Å². The third-order valence-electron chi connectivity index (χ3n) is 2.74. The van der Waals surface area contributed by atoms with Crippen LogP contribution in [-0.2, 0) is 4.74 Å². The minimum Gasteiger partial charge on any atom is -0.465 e. The van der Waals surface area contributed by atoms with Crippen LogP contribution in [0.5, 0.6) is 0 Å². The first kappa shape index (κ1) is 15.8. The summed E-state index contributed by atoms with van der Waals surface area (Å²) in [6, 6.07) is 7.64. The predicted octanol–water partition coefficient (Wildman–Crippen LogP) is 4.20. The molecule has 4 nitrogen and oxygen atoms in total. The number of hydrogen-bond donors (Lipinski definition) is 2. The van der Waals surface area contributed by atoms with Crippen molar-refractivity contribution < 1.29 is 13.9 Å². The Labute approximate surface area is 139 Å². The number of carbonyl (C=O) groups is 1. The van der Waals surface area contributed by atoms with Crippen LogP contribution in [0, 0.1) is 9.39 Å². The third kappa shape index (κ3) is 3.56. The summed E-state index contributed by atoms with van der Waals surface area (Å²) in [7, 11) is 1.23. The van der Waals surface area contributed by atoms with Gasteiger partial charge in [0, 0.05) is 9.26 Å². The van der Waals surface area contributed by atoms with Crippen molar-refractivity contribution in [3.63, 3.8) is 0 Å². The number of carbonyl (C=O) groups excluding carboxylic acids is 1. The average Bonchev–Trinajstić information content (AvgIpc) is 2.43. The number of nitrogen functional groups attached to an aromatic ring is 1. The zero-order valence-electron chi connectivity index (χ0n) is 10.9. The molecule has 0 aliphatic rings. The second-order valence-corrected chi connectivity index (χ2v) is 5.81. The van der Waals surface area contributed by atoms with Crippen LogP contribution in [0.3, 0.4) is 0 Å². The zero-order chi connectivity index (χ0) is 15.6. The molecule has 0 aromatic heterocycles. The minimum atomic E-state index is -0.635. The fourth-order valence-electron chi connectivity index (χ4n) is 1.71. The molecule has 0 aliphatic heterocycles. The van der Waals surface area contributed by atoms with Gasteiger partial charge in [-0.05, 0) is 52.9 Å². The molecule has 0 saturated carbocycles. The Morgan fingerprint density at radius 1 is 1.33 bits per heavy atom. The molecule has 0 heterocycles. The second kappa shape index (κ2) is 6.48. The van der Waals surface area contributed by atoms with E-state index in [1.54, 1.807) is 12.1 Å². The number of rotatable bonds is 3. The zero-order valence-corrected chi connectivity index (χ0v) is 13.8. The van der Waals surface area contributed by atoms with Crippen LogP contribution in [0.4, 0.5) is 21.5 Å². The van der Waals surface area contributed by atoms with Gasteiger partial charge in [-0.1, -0.05) is 11.6 Å². The van der Waals surface area contributed by atoms with Gasteiger partial charge in [0.15, 0.2) is 0 Å². The van der Waals surface area contributed by atoms with Crippen LogP contribution < -0.4 is 11.1 Å². The average molecular weight is 421 g/mol. The number of hydrogen-bond acceptors (Lipinski definition) is 4. The van der Waals surface area contributed by atoms with E-state index < -0.39 is 11.8 Å². The van der Waals surface area contributed by atoms with Crippen molar-refractivity contribution in [2.24, 2.45) is 0 Å². The molecule has 7 heteroatoms. The van der Waals surface area contributed by atoms with E-state index in [9.17, 15) is 9.18 Å². The lowest BCUT2D eigenvalue weighted by molar-refractivity contribution is 0.0602. The van der Waals surface area contributed by atoms with Gasteiger partial charge in [-0.2, -0.15) is 0 Å². The Kier molecular flexibility index (Phi) is 4.89. The molecule has 0 unspecified atom stereocenters. The summed E-state index contributed by atoms with van der Waals surface area (Å²) in [5.41, 5.74) is 6.33. The van der Waals surface area contributed by atoms with E-state index in [-0.39, 0.29) is 16.9 Å². The number of ether oxygens (including phenoxy) is 1. The standard InChI is InChI=1S/C14H11ClFIN2O2/c1-21-14(20)8-5-13(10(16)6-11(8)18)19-12-3-2-7(17)4-9(12)15/h2-6,19H,18H2,1H3. The maximum atomic E-state index is 14.0. The maximum absolute atomic E-state index is 14.0. The van der Waals surface area contributed by atoms with E-state index >= 15 is 0 Å². The molecular formula is C14H11ClFIN2O2. The van der Waals surface area contributed by atoms with Crippen molar-refractivity contribution in [2.45, 2.75) is 0 Å². The highest BCUT2D eigenvalue weighted by atomic mass is 127. The predicted molar refractivity (Wildman–Crippen MR) is 89.6 cm³/mol. The number of esters is 1. The molecule has 2 rings (SSSR count). The molecule has 0 saturated heterocycles. The van der Waals surface area contributed by atoms with E-state index in [0.29, 0.717) is 10.7 Å². The molecule has 2 aromatic carbocycles. The van der Waals surface area contributed by atoms with Gasteiger partial charge < -0.3 is 15.8 Å². The summed E-state index contributed by atoms with van der Waals surface area (Å²) < 4.78 is 19.5. The van der Waals surface area contributed by atoms with Gasteiger partial charge in [-0.3, -0.25) is 0 Å². The second-order valence-electron chi connectivity index (χ2n) is 4.16. The Morgan fingerprint density at radius 3 is 2.67 bits per heavy atom. The van der Waals surface area contributed by atoms with Crippen molar-refractivity contribution >= 4 is 57.2 Å². The number of nitrogens with one attached hydrogen (secondary N) is 1. The lowest BCUT2D eigenvalue weighted by atomic mass is 10.1. The summed E-state index contributed by atoms with van der Waals surface area (Å²) in [5.74, 6) is -1.22. The quantitative estimate of drug-likeness (QED) is 0.444. The molecule has 3 N–H and O–H groups in total. The van der Waals surface area contributed by atoms with Crippen LogP contribution >= 0.6 is 34.2 Å². The van der Waals surface area contributed by atoms with Gasteiger partial charge >= 0.3 is 5.97 Å². The van der Waals surface area contributed by atoms with E-state index in [0.717, 1.165) is 9.64 Å². The smallest absolute Gasteiger partial charge is 0.340 e. The largest absolute Gasteiger partial charge is 0.465 e. The summed E-state index contributed by atoms with van der Waals surface area (Å²) in [6.07, 6.45) is 0. The van der Waals surface area contributed by atoms with Crippen LogP contribution in [0.1, 0.15) is 10.4 Å². The first-order valence-corrected chi connectivity index (χ1v) is 7.27. The Morgan fingerprint density at radius 2 is 2.05 bits per heavy atom. The van der Waals surface area contributed by atoms with E-state index in [1.165, 1.54) is 13.2 Å². The third-order valence-corrected chi connectivity index (χ3v) is 3.73. The SMILES string of the molecule is COC(=O)c1cc(Nc2ccc(I)cc2Cl)c(F)cc1N. The van der Waals surface area contributed by atoms with Gasteiger partial charge in [-0.25, -0.2) is 9.18 Å². The van der Waals surface area contributed by atoms with Crippen molar-refractivity contribution in [2.75, 3.05) is 18.2 Å². The van der Waals surface area contributed by atoms with E-state index in [2.05, 4.69) is 32.6 Å². The monoisotopic (exact) mass is 420 g/mol. The number of halogens is 3. The van der Waals surface area contributed by atoms with Crippen molar-refractivity contribution in [1.29, 1.82) is 0 Å². The number of benzene rings is 2. The molecular weight excluding hydrogens is 410 g/mol. The number of methoxy groups -OCH3 is 1.